The van der Waals surface area contributed by atoms with E-state index in [0.717, 1.165) is 36.4 Å². The van der Waals surface area contributed by atoms with Crippen LogP contribution in [0.1, 0.15) is 111 Å². The number of halogens is 1. The van der Waals surface area contributed by atoms with Gasteiger partial charge in [-0.15, -0.1) is 0 Å². The van der Waals surface area contributed by atoms with Gasteiger partial charge in [0, 0.05) is 12.6 Å². The second-order valence-electron chi connectivity index (χ2n) is 14.2. The first-order valence-corrected chi connectivity index (χ1v) is 18.6. The van der Waals surface area contributed by atoms with E-state index in [4.69, 9.17) is 4.74 Å². The lowest BCUT2D eigenvalue weighted by Crippen LogP contribution is -2.52. The molecule has 2 aromatic carbocycles. The predicted octanol–water partition coefficient (Wildman–Crippen LogP) is 10.4. The number of carbonyl (C=O) groups excluding carboxylic acids is 2. The van der Waals surface area contributed by atoms with Crippen LogP contribution in [0.25, 0.3) is 0 Å². The molecule has 1 amide bonds. The number of benzene rings is 2. The molecule has 1 saturated carbocycles. The molecule has 0 bridgehead atoms. The van der Waals surface area contributed by atoms with Crippen LogP contribution in [-0.2, 0) is 9.53 Å². The van der Waals surface area contributed by atoms with Crippen molar-refractivity contribution in [1.29, 1.82) is 0 Å². The highest BCUT2D eigenvalue weighted by atomic mass is 28.3. The van der Waals surface area contributed by atoms with E-state index in [0.29, 0.717) is 28.5 Å². The van der Waals surface area contributed by atoms with Crippen molar-refractivity contribution in [2.24, 2.45) is 11.8 Å². The second kappa shape index (κ2) is 13.9. The molecule has 1 fully saturated rings. The summed E-state index contributed by atoms with van der Waals surface area (Å²) >= 11 is 0. The van der Waals surface area contributed by atoms with Crippen LogP contribution in [0.3, 0.4) is 0 Å². The molecule has 0 aromatic heterocycles. The summed E-state index contributed by atoms with van der Waals surface area (Å²) < 4.78 is 20.4. The van der Waals surface area contributed by atoms with Crippen molar-refractivity contribution in [3.05, 3.63) is 82.9 Å². The fourth-order valence-electron chi connectivity index (χ4n) is 8.48. The Morgan fingerprint density at radius 3 is 2.12 bits per heavy atom. The Morgan fingerprint density at radius 1 is 0.930 bits per heavy atom. The first-order valence-electron chi connectivity index (χ1n) is 16.4. The van der Waals surface area contributed by atoms with Crippen LogP contribution in [0.2, 0.25) is 16.6 Å². The van der Waals surface area contributed by atoms with Gasteiger partial charge in [0.05, 0.1) is 6.04 Å². The summed E-state index contributed by atoms with van der Waals surface area (Å²) in [6.07, 6.45) is 5.42. The summed E-state index contributed by atoms with van der Waals surface area (Å²) in [6, 6.07) is 16.2. The van der Waals surface area contributed by atoms with E-state index < -0.39 is 20.2 Å². The zero-order valence-corrected chi connectivity index (χ0v) is 28.5. The van der Waals surface area contributed by atoms with Crippen LogP contribution < -0.4 is 0 Å². The van der Waals surface area contributed by atoms with Crippen LogP contribution in [0.4, 0.5) is 9.18 Å². The molecular formula is C37H52FNO3Si. The Kier molecular flexibility index (Phi) is 10.7. The van der Waals surface area contributed by atoms with Gasteiger partial charge in [0.25, 0.3) is 0 Å². The van der Waals surface area contributed by atoms with Gasteiger partial charge in [0.15, 0.2) is 5.78 Å². The molecule has 1 aliphatic carbocycles. The van der Waals surface area contributed by atoms with Gasteiger partial charge >= 0.3 is 6.09 Å². The van der Waals surface area contributed by atoms with Crippen LogP contribution in [0, 0.1) is 17.7 Å². The number of hydrogen-bond donors (Lipinski definition) is 0. The van der Waals surface area contributed by atoms with Crippen LogP contribution >= 0.6 is 0 Å². The first kappa shape index (κ1) is 33.2. The van der Waals surface area contributed by atoms with Crippen molar-refractivity contribution in [3.63, 3.8) is 0 Å². The predicted molar refractivity (Wildman–Crippen MR) is 176 cm³/mol. The van der Waals surface area contributed by atoms with E-state index in [9.17, 15) is 14.0 Å². The topological polar surface area (TPSA) is 46.6 Å². The van der Waals surface area contributed by atoms with E-state index in [1.165, 1.54) is 17.7 Å². The normalized spacial score (nSPS) is 24.0. The number of hydrogen-bond acceptors (Lipinski definition) is 3. The Balaban J connectivity index is 1.71. The molecule has 0 N–H and O–H groups in total. The molecule has 5 unspecified atom stereocenters. The maximum absolute atomic E-state index is 14.3. The van der Waals surface area contributed by atoms with E-state index in [1.807, 2.05) is 12.3 Å². The van der Waals surface area contributed by atoms with E-state index in [1.54, 1.807) is 17.0 Å². The maximum atomic E-state index is 14.3. The lowest BCUT2D eigenvalue weighted by atomic mass is 9.76. The number of ether oxygens (including phenoxy) is 1. The van der Waals surface area contributed by atoms with E-state index in [-0.39, 0.29) is 30.0 Å². The SMILES string of the molecule is CC1CCC(CC(C)c2ccccc2)C(OC(=O)N2C=C([Si](C(C)C)(C(C)C)C(C)C)C(=O)CC2c2ccc(F)cc2)C1. The van der Waals surface area contributed by atoms with Gasteiger partial charge in [0.2, 0.25) is 0 Å². The number of amides is 1. The lowest BCUT2D eigenvalue weighted by molar-refractivity contribution is -0.116. The molecule has 0 radical (unpaired) electrons. The molecule has 2 aliphatic rings. The summed E-state index contributed by atoms with van der Waals surface area (Å²) in [4.78, 5) is 30.0. The zero-order valence-electron chi connectivity index (χ0n) is 27.5. The number of allylic oxidation sites excluding steroid dienone is 1. The molecule has 234 valence electrons. The lowest BCUT2D eigenvalue weighted by Gasteiger charge is -2.47. The molecule has 0 saturated heterocycles. The van der Waals surface area contributed by atoms with Crippen molar-refractivity contribution in [2.45, 2.75) is 122 Å². The Hall–Kier alpha value is -2.73. The first-order chi connectivity index (χ1) is 20.4. The fraction of sp³-hybridized carbons (Fsp3) is 0.568. The van der Waals surface area contributed by atoms with Crippen molar-refractivity contribution >= 4 is 20.0 Å². The molecule has 0 spiro atoms. The quantitative estimate of drug-likeness (QED) is 0.267. The number of nitrogens with zero attached hydrogens (tertiary/aromatic N) is 1. The highest BCUT2D eigenvalue weighted by molar-refractivity contribution is 6.93. The highest BCUT2D eigenvalue weighted by Crippen LogP contribution is 2.49. The van der Waals surface area contributed by atoms with Crippen molar-refractivity contribution < 1.29 is 18.7 Å². The Labute approximate surface area is 260 Å². The summed E-state index contributed by atoms with van der Waals surface area (Å²) in [7, 11) is -2.35. The molecule has 2 aromatic rings. The van der Waals surface area contributed by atoms with Gasteiger partial charge in [-0.1, -0.05) is 104 Å². The average molecular weight is 606 g/mol. The van der Waals surface area contributed by atoms with Gasteiger partial charge in [0.1, 0.15) is 20.0 Å². The largest absolute Gasteiger partial charge is 0.446 e. The highest BCUT2D eigenvalue weighted by Gasteiger charge is 2.51. The van der Waals surface area contributed by atoms with E-state index in [2.05, 4.69) is 79.7 Å². The molecule has 6 heteroatoms. The molecule has 4 nitrogen and oxygen atoms in total. The van der Waals surface area contributed by atoms with Gasteiger partial charge in [-0.25, -0.2) is 9.18 Å². The molecule has 4 rings (SSSR count). The van der Waals surface area contributed by atoms with E-state index >= 15 is 0 Å². The zero-order chi connectivity index (χ0) is 31.5. The minimum absolute atomic E-state index is 0.113. The summed E-state index contributed by atoms with van der Waals surface area (Å²) in [6.45, 7) is 17.9. The van der Waals surface area contributed by atoms with Gasteiger partial charge in [-0.2, -0.15) is 0 Å². The number of carbonyl (C=O) groups is 2. The third-order valence-corrected chi connectivity index (χ3v) is 17.6. The summed E-state index contributed by atoms with van der Waals surface area (Å²) in [5.74, 6) is 0.883. The fourth-order valence-corrected chi connectivity index (χ4v) is 15.3. The third-order valence-electron chi connectivity index (χ3n) is 10.5. The standard InChI is InChI=1S/C37H52FNO3Si/c1-24(2)43(25(3)4,26(5)6)36-23-39(33(22-34(36)40)30-16-18-32(38)19-17-30)37(41)42-35-20-27(7)14-15-31(35)21-28(8)29-12-10-9-11-13-29/h9-13,16-19,23-28,31,33,35H,14-15,20-22H2,1-8H3. The monoisotopic (exact) mass is 605 g/mol. The number of ketones is 1. The van der Waals surface area contributed by atoms with Gasteiger partial charge in [-0.05, 0) is 82.1 Å². The molecule has 5 atom stereocenters. The minimum Gasteiger partial charge on any atom is -0.446 e. The van der Waals surface area contributed by atoms with Crippen LogP contribution in [-0.4, -0.2) is 31.0 Å². The molecule has 1 heterocycles. The van der Waals surface area contributed by atoms with Gasteiger partial charge in [-0.3, -0.25) is 9.69 Å². The van der Waals surface area contributed by atoms with Crippen LogP contribution in [0.5, 0.6) is 0 Å². The maximum Gasteiger partial charge on any atom is 0.414 e. The van der Waals surface area contributed by atoms with Crippen molar-refractivity contribution in [3.8, 4) is 0 Å². The molecule has 43 heavy (non-hydrogen) atoms. The summed E-state index contributed by atoms with van der Waals surface area (Å²) in [5, 5.41) is 0.842. The smallest absolute Gasteiger partial charge is 0.414 e. The minimum atomic E-state index is -2.35. The average Bonchev–Trinajstić information content (AvgIpc) is 2.95. The second-order valence-corrected chi connectivity index (χ2v) is 20.1. The van der Waals surface area contributed by atoms with Crippen molar-refractivity contribution in [1.82, 2.24) is 4.90 Å². The third kappa shape index (κ3) is 7.00. The Morgan fingerprint density at radius 2 is 1.53 bits per heavy atom. The number of rotatable bonds is 9. The van der Waals surface area contributed by atoms with Gasteiger partial charge < -0.3 is 4.74 Å². The van der Waals surface area contributed by atoms with Crippen LogP contribution in [0.15, 0.2) is 66.0 Å². The Bertz CT molecular complexity index is 1250. The van der Waals surface area contributed by atoms with Crippen molar-refractivity contribution in [2.75, 3.05) is 0 Å². The number of Topliss-reactive ketones (excluding diaryl/α,β-unsaturated/α-hetero) is 1. The molecule has 1 aliphatic heterocycles. The summed E-state index contributed by atoms with van der Waals surface area (Å²) in [5.41, 5.74) is 3.03. The molecular weight excluding hydrogens is 553 g/mol.